The summed E-state index contributed by atoms with van der Waals surface area (Å²) in [4.78, 5) is 2.69. The second kappa shape index (κ2) is 6.12. The van der Waals surface area contributed by atoms with E-state index >= 15 is 0 Å². The van der Waals surface area contributed by atoms with Gasteiger partial charge in [-0.15, -0.1) is 0 Å². The van der Waals surface area contributed by atoms with Crippen LogP contribution in [0, 0.1) is 5.92 Å². The van der Waals surface area contributed by atoms with Crippen LogP contribution in [0.1, 0.15) is 26.2 Å². The normalized spacial score (nSPS) is 33.4. The Morgan fingerprint density at radius 3 is 3.13 bits per heavy atom. The lowest BCUT2D eigenvalue weighted by molar-refractivity contribution is 0.174. The fourth-order valence-electron chi connectivity index (χ4n) is 2.69. The fourth-order valence-corrected chi connectivity index (χ4v) is 3.97. The molecule has 0 radical (unpaired) electrons. The first-order chi connectivity index (χ1) is 7.38. The third-order valence-electron chi connectivity index (χ3n) is 3.52. The van der Waals surface area contributed by atoms with E-state index in [2.05, 4.69) is 28.9 Å². The van der Waals surface area contributed by atoms with Gasteiger partial charge in [-0.3, -0.25) is 0 Å². The molecule has 0 spiro atoms. The molecular weight excluding hydrogens is 204 g/mol. The molecule has 2 rings (SSSR count). The van der Waals surface area contributed by atoms with Crippen molar-refractivity contribution in [3.8, 4) is 0 Å². The molecule has 2 aliphatic heterocycles. The minimum absolute atomic E-state index is 0.762. The largest absolute Gasteiger partial charge is 0.311 e. The highest BCUT2D eigenvalue weighted by Crippen LogP contribution is 2.24. The van der Waals surface area contributed by atoms with Crippen molar-refractivity contribution >= 4 is 11.8 Å². The van der Waals surface area contributed by atoms with E-state index in [-0.39, 0.29) is 0 Å². The first kappa shape index (κ1) is 11.7. The highest BCUT2D eigenvalue weighted by atomic mass is 32.2. The Morgan fingerprint density at radius 2 is 2.40 bits per heavy atom. The van der Waals surface area contributed by atoms with Crippen LogP contribution in [0.25, 0.3) is 0 Å². The fraction of sp³-hybridized carbons (Fsp3) is 1.00. The molecule has 0 bridgehead atoms. The Balaban J connectivity index is 1.71. The Labute approximate surface area is 98.2 Å². The van der Waals surface area contributed by atoms with Gasteiger partial charge < -0.3 is 10.2 Å². The van der Waals surface area contributed by atoms with E-state index in [4.69, 9.17) is 0 Å². The highest BCUT2D eigenvalue weighted by Gasteiger charge is 2.23. The number of nitrogens with one attached hydrogen (secondary N) is 1. The summed E-state index contributed by atoms with van der Waals surface area (Å²) < 4.78 is 0. The minimum atomic E-state index is 0.762. The van der Waals surface area contributed by atoms with Crippen LogP contribution < -0.4 is 5.32 Å². The molecular formula is C12H24N2S. The Kier molecular flexibility index (Phi) is 4.79. The summed E-state index contributed by atoms with van der Waals surface area (Å²) in [6.45, 7) is 7.39. The molecule has 2 heterocycles. The summed E-state index contributed by atoms with van der Waals surface area (Å²) in [6, 6.07) is 0.762. The van der Waals surface area contributed by atoms with E-state index in [0.717, 1.165) is 12.0 Å². The highest BCUT2D eigenvalue weighted by molar-refractivity contribution is 7.99. The van der Waals surface area contributed by atoms with E-state index in [0.29, 0.717) is 0 Å². The number of hydrogen-bond acceptors (Lipinski definition) is 3. The van der Waals surface area contributed by atoms with Crippen molar-refractivity contribution in [3.05, 3.63) is 0 Å². The lowest BCUT2D eigenvalue weighted by Gasteiger charge is -2.35. The molecule has 2 atom stereocenters. The Hall–Kier alpha value is 0.270. The van der Waals surface area contributed by atoms with E-state index in [9.17, 15) is 0 Å². The van der Waals surface area contributed by atoms with E-state index < -0.39 is 0 Å². The van der Waals surface area contributed by atoms with Gasteiger partial charge in [0.25, 0.3) is 0 Å². The maximum atomic E-state index is 3.63. The standard InChI is InChI=1S/C12H24N2S/c1-2-3-12-9-14(6-5-13-12)8-11-4-7-15-10-11/h11-13H,2-10H2,1H3. The maximum Gasteiger partial charge on any atom is 0.0195 e. The molecule has 0 aromatic carbocycles. The zero-order valence-corrected chi connectivity index (χ0v) is 10.7. The van der Waals surface area contributed by atoms with Gasteiger partial charge in [-0.2, -0.15) is 11.8 Å². The van der Waals surface area contributed by atoms with Crippen LogP contribution in [0.3, 0.4) is 0 Å². The zero-order valence-electron chi connectivity index (χ0n) is 9.87. The SMILES string of the molecule is CCCC1CN(CC2CCSC2)CCN1. The van der Waals surface area contributed by atoms with Crippen LogP contribution in [0.4, 0.5) is 0 Å². The van der Waals surface area contributed by atoms with Gasteiger partial charge in [-0.1, -0.05) is 13.3 Å². The van der Waals surface area contributed by atoms with Gasteiger partial charge in [0.05, 0.1) is 0 Å². The number of nitrogens with zero attached hydrogens (tertiary/aromatic N) is 1. The molecule has 2 aliphatic rings. The molecule has 2 saturated heterocycles. The topological polar surface area (TPSA) is 15.3 Å². The Bertz CT molecular complexity index is 178. The summed E-state index contributed by atoms with van der Waals surface area (Å²) in [7, 11) is 0. The first-order valence-electron chi connectivity index (χ1n) is 6.42. The molecule has 2 unspecified atom stereocenters. The summed E-state index contributed by atoms with van der Waals surface area (Å²) in [5, 5.41) is 3.63. The van der Waals surface area contributed by atoms with Gasteiger partial charge in [-0.05, 0) is 30.3 Å². The molecule has 88 valence electrons. The molecule has 1 N–H and O–H groups in total. The third kappa shape index (κ3) is 3.65. The van der Waals surface area contributed by atoms with Crippen LogP contribution in [0.15, 0.2) is 0 Å². The lowest BCUT2D eigenvalue weighted by Crippen LogP contribution is -2.51. The predicted octanol–water partition coefficient (Wildman–Crippen LogP) is 1.81. The van der Waals surface area contributed by atoms with Gasteiger partial charge in [-0.25, -0.2) is 0 Å². The second-order valence-corrected chi connectivity index (χ2v) is 6.08. The van der Waals surface area contributed by atoms with Crippen molar-refractivity contribution in [2.45, 2.75) is 32.2 Å². The van der Waals surface area contributed by atoms with Gasteiger partial charge in [0, 0.05) is 32.2 Å². The van der Waals surface area contributed by atoms with Crippen LogP contribution in [0.5, 0.6) is 0 Å². The van der Waals surface area contributed by atoms with Crippen molar-refractivity contribution < 1.29 is 0 Å². The molecule has 0 aromatic heterocycles. The van der Waals surface area contributed by atoms with E-state index in [1.165, 1.54) is 56.9 Å². The molecule has 0 amide bonds. The van der Waals surface area contributed by atoms with E-state index in [1.807, 2.05) is 0 Å². The molecule has 2 fully saturated rings. The van der Waals surface area contributed by atoms with Crippen molar-refractivity contribution in [2.75, 3.05) is 37.7 Å². The molecule has 0 saturated carbocycles. The second-order valence-electron chi connectivity index (χ2n) is 4.93. The van der Waals surface area contributed by atoms with Crippen molar-refractivity contribution in [3.63, 3.8) is 0 Å². The molecule has 0 aromatic rings. The number of rotatable bonds is 4. The van der Waals surface area contributed by atoms with E-state index in [1.54, 1.807) is 0 Å². The zero-order chi connectivity index (χ0) is 10.5. The summed E-state index contributed by atoms with van der Waals surface area (Å²) in [5.41, 5.74) is 0. The minimum Gasteiger partial charge on any atom is -0.311 e. The molecule has 0 aliphatic carbocycles. The average Bonchev–Trinajstić information content (AvgIpc) is 2.71. The van der Waals surface area contributed by atoms with Crippen LogP contribution in [-0.4, -0.2) is 48.6 Å². The summed E-state index contributed by atoms with van der Waals surface area (Å²) >= 11 is 2.14. The first-order valence-corrected chi connectivity index (χ1v) is 7.57. The number of thioether (sulfide) groups is 1. The van der Waals surface area contributed by atoms with Crippen molar-refractivity contribution in [1.82, 2.24) is 10.2 Å². The average molecular weight is 228 g/mol. The van der Waals surface area contributed by atoms with Crippen LogP contribution in [-0.2, 0) is 0 Å². The lowest BCUT2D eigenvalue weighted by atomic mass is 10.1. The number of hydrogen-bond donors (Lipinski definition) is 1. The van der Waals surface area contributed by atoms with Gasteiger partial charge in [0.15, 0.2) is 0 Å². The van der Waals surface area contributed by atoms with Crippen molar-refractivity contribution in [1.29, 1.82) is 0 Å². The smallest absolute Gasteiger partial charge is 0.0195 e. The third-order valence-corrected chi connectivity index (χ3v) is 4.75. The van der Waals surface area contributed by atoms with Crippen LogP contribution in [0.2, 0.25) is 0 Å². The van der Waals surface area contributed by atoms with Crippen molar-refractivity contribution in [2.24, 2.45) is 5.92 Å². The summed E-state index contributed by atoms with van der Waals surface area (Å²) in [6.07, 6.45) is 4.10. The van der Waals surface area contributed by atoms with Gasteiger partial charge in [0.2, 0.25) is 0 Å². The molecule has 15 heavy (non-hydrogen) atoms. The quantitative estimate of drug-likeness (QED) is 0.790. The maximum absolute atomic E-state index is 3.63. The predicted molar refractivity (Wildman–Crippen MR) is 68.6 cm³/mol. The Morgan fingerprint density at radius 1 is 1.47 bits per heavy atom. The van der Waals surface area contributed by atoms with Gasteiger partial charge >= 0.3 is 0 Å². The summed E-state index contributed by atoms with van der Waals surface area (Å²) in [5.74, 6) is 3.78. The van der Waals surface area contributed by atoms with Crippen LogP contribution >= 0.6 is 11.8 Å². The molecule has 2 nitrogen and oxygen atoms in total. The van der Waals surface area contributed by atoms with Gasteiger partial charge in [0.1, 0.15) is 0 Å². The number of piperazine rings is 1. The monoisotopic (exact) mass is 228 g/mol. The molecule has 3 heteroatoms.